The Kier molecular flexibility index (Phi) is 10.9. The number of amides is 1. The first-order chi connectivity index (χ1) is 16.1. The molecule has 0 N–H and O–H groups in total. The van der Waals surface area contributed by atoms with E-state index in [0.29, 0.717) is 18.0 Å². The molecule has 1 aromatic heterocycles. The average Bonchev–Trinajstić information content (AvgIpc) is 3.25. The van der Waals surface area contributed by atoms with E-state index in [1.165, 1.54) is 4.90 Å². The van der Waals surface area contributed by atoms with E-state index in [9.17, 15) is 4.79 Å². The van der Waals surface area contributed by atoms with Crippen molar-refractivity contribution < 1.29 is 9.53 Å². The Morgan fingerprint density at radius 1 is 1.21 bits per heavy atom. The maximum atomic E-state index is 13.3. The highest BCUT2D eigenvalue weighted by Crippen LogP contribution is 2.33. The highest BCUT2D eigenvalue weighted by atomic mass is 35.5. The van der Waals surface area contributed by atoms with Crippen LogP contribution < -0.4 is 4.90 Å². The SMILES string of the molecule is Cc1cc(Cl)cc2sc(N(CCCN3CCOCC3)C(=O)CCCSc3ccccc3)nc12.Cl. The van der Waals surface area contributed by atoms with E-state index in [1.807, 2.05) is 42.2 Å². The summed E-state index contributed by atoms with van der Waals surface area (Å²) in [6.07, 6.45) is 2.28. The number of carbonyl (C=O) groups excluding carboxylic acids is 1. The molecule has 1 aliphatic rings. The number of thioether (sulfide) groups is 1. The number of nitrogens with zero attached hydrogens (tertiary/aromatic N) is 3. The van der Waals surface area contributed by atoms with Crippen LogP contribution in [0.2, 0.25) is 5.02 Å². The number of hydrogen-bond acceptors (Lipinski definition) is 6. The number of morpholine rings is 1. The summed E-state index contributed by atoms with van der Waals surface area (Å²) in [5.74, 6) is 1.07. The van der Waals surface area contributed by atoms with Crippen LogP contribution in [-0.2, 0) is 9.53 Å². The smallest absolute Gasteiger partial charge is 0.228 e. The van der Waals surface area contributed by atoms with Crippen molar-refractivity contribution in [1.82, 2.24) is 9.88 Å². The van der Waals surface area contributed by atoms with E-state index in [1.54, 1.807) is 23.1 Å². The number of benzene rings is 2. The molecule has 1 fully saturated rings. The largest absolute Gasteiger partial charge is 0.379 e. The minimum atomic E-state index is 0. The van der Waals surface area contributed by atoms with Crippen molar-refractivity contribution in [2.75, 3.05) is 50.0 Å². The second-order valence-corrected chi connectivity index (χ2v) is 10.8. The monoisotopic (exact) mass is 539 g/mol. The van der Waals surface area contributed by atoms with Crippen molar-refractivity contribution in [2.24, 2.45) is 0 Å². The van der Waals surface area contributed by atoms with Gasteiger partial charge in [-0.1, -0.05) is 41.1 Å². The van der Waals surface area contributed by atoms with Crippen molar-refractivity contribution in [3.05, 3.63) is 53.1 Å². The molecule has 2 heterocycles. The molecule has 0 spiro atoms. The summed E-state index contributed by atoms with van der Waals surface area (Å²) in [6.45, 7) is 7.16. The molecule has 0 radical (unpaired) electrons. The summed E-state index contributed by atoms with van der Waals surface area (Å²) < 4.78 is 6.48. The molecule has 34 heavy (non-hydrogen) atoms. The van der Waals surface area contributed by atoms with Gasteiger partial charge in [-0.15, -0.1) is 24.2 Å². The molecule has 0 atom stereocenters. The van der Waals surface area contributed by atoms with E-state index in [4.69, 9.17) is 21.3 Å². The van der Waals surface area contributed by atoms with Gasteiger partial charge >= 0.3 is 0 Å². The molecule has 1 aliphatic heterocycles. The van der Waals surface area contributed by atoms with Gasteiger partial charge in [0.05, 0.1) is 23.4 Å². The van der Waals surface area contributed by atoms with Gasteiger partial charge in [0.25, 0.3) is 0 Å². The van der Waals surface area contributed by atoms with Crippen LogP contribution in [0.5, 0.6) is 0 Å². The average molecular weight is 541 g/mol. The van der Waals surface area contributed by atoms with Crippen molar-refractivity contribution in [2.45, 2.75) is 31.1 Å². The van der Waals surface area contributed by atoms with E-state index >= 15 is 0 Å². The van der Waals surface area contributed by atoms with Gasteiger partial charge in [0.1, 0.15) is 0 Å². The molecule has 2 aromatic carbocycles. The standard InChI is InChI=1S/C25H30ClN3O2S2.ClH/c1-19-17-20(26)18-22-24(19)27-25(33-22)29(11-6-10-28-12-14-31-15-13-28)23(30)9-5-16-32-21-7-3-2-4-8-21;/h2-4,7-8,17-18H,5-6,9-16H2,1H3;1H. The summed E-state index contributed by atoms with van der Waals surface area (Å²) in [7, 11) is 0. The summed E-state index contributed by atoms with van der Waals surface area (Å²) in [5.41, 5.74) is 1.98. The quantitative estimate of drug-likeness (QED) is 0.223. The zero-order valence-corrected chi connectivity index (χ0v) is 22.6. The van der Waals surface area contributed by atoms with Crippen LogP contribution in [0.1, 0.15) is 24.8 Å². The Morgan fingerprint density at radius 3 is 2.74 bits per heavy atom. The van der Waals surface area contributed by atoms with Crippen LogP contribution in [0.3, 0.4) is 0 Å². The lowest BCUT2D eigenvalue weighted by molar-refractivity contribution is -0.118. The number of anilines is 1. The van der Waals surface area contributed by atoms with E-state index in [0.717, 1.165) is 72.4 Å². The van der Waals surface area contributed by atoms with Crippen LogP contribution in [0, 0.1) is 6.92 Å². The highest BCUT2D eigenvalue weighted by Gasteiger charge is 2.21. The van der Waals surface area contributed by atoms with Crippen LogP contribution in [0.4, 0.5) is 5.13 Å². The lowest BCUT2D eigenvalue weighted by Gasteiger charge is -2.27. The third-order valence-corrected chi connectivity index (χ3v) is 8.02. The number of aromatic nitrogens is 1. The predicted molar refractivity (Wildman–Crippen MR) is 147 cm³/mol. The van der Waals surface area contributed by atoms with E-state index < -0.39 is 0 Å². The lowest BCUT2D eigenvalue weighted by Crippen LogP contribution is -2.39. The summed E-state index contributed by atoms with van der Waals surface area (Å²) in [4.78, 5) is 23.7. The van der Waals surface area contributed by atoms with Gasteiger partial charge < -0.3 is 4.74 Å². The second-order valence-electron chi connectivity index (χ2n) is 8.18. The zero-order chi connectivity index (χ0) is 23.0. The van der Waals surface area contributed by atoms with Crippen LogP contribution >= 0.6 is 47.1 Å². The molecule has 0 bridgehead atoms. The second kappa shape index (κ2) is 13.7. The molecule has 0 unspecified atom stereocenters. The summed E-state index contributed by atoms with van der Waals surface area (Å²) >= 11 is 9.61. The number of rotatable bonds is 10. The third-order valence-electron chi connectivity index (χ3n) is 5.68. The number of ether oxygens (including phenoxy) is 1. The lowest BCUT2D eigenvalue weighted by atomic mass is 10.2. The van der Waals surface area contributed by atoms with Gasteiger partial charge in [-0.25, -0.2) is 4.98 Å². The number of aryl methyl sites for hydroxylation is 1. The molecular weight excluding hydrogens is 509 g/mol. The molecular formula is C25H31Cl2N3O2S2. The Balaban J connectivity index is 0.00000324. The molecule has 4 rings (SSSR count). The van der Waals surface area contributed by atoms with E-state index in [-0.39, 0.29) is 18.3 Å². The molecule has 9 heteroatoms. The Morgan fingerprint density at radius 2 is 1.97 bits per heavy atom. The maximum absolute atomic E-state index is 13.3. The van der Waals surface area contributed by atoms with Crippen molar-refractivity contribution in [3.63, 3.8) is 0 Å². The Labute approximate surface area is 221 Å². The fourth-order valence-electron chi connectivity index (χ4n) is 3.93. The molecule has 1 amide bonds. The van der Waals surface area contributed by atoms with Crippen LogP contribution in [-0.4, -0.2) is 60.9 Å². The normalized spacial score (nSPS) is 14.2. The van der Waals surface area contributed by atoms with Gasteiger partial charge in [0.15, 0.2) is 5.13 Å². The number of halogens is 2. The minimum Gasteiger partial charge on any atom is -0.379 e. The van der Waals surface area contributed by atoms with Crippen molar-refractivity contribution in [1.29, 1.82) is 0 Å². The first-order valence-electron chi connectivity index (χ1n) is 11.4. The number of hydrogen-bond donors (Lipinski definition) is 0. The highest BCUT2D eigenvalue weighted by molar-refractivity contribution is 7.99. The van der Waals surface area contributed by atoms with E-state index in [2.05, 4.69) is 17.0 Å². The summed E-state index contributed by atoms with van der Waals surface area (Å²) in [6, 6.07) is 14.2. The Hall–Kier alpha value is -1.35. The molecule has 0 saturated carbocycles. The van der Waals surface area contributed by atoms with Gasteiger partial charge in [-0.3, -0.25) is 14.6 Å². The predicted octanol–water partition coefficient (Wildman–Crippen LogP) is 6.31. The van der Waals surface area contributed by atoms with Gasteiger partial charge in [-0.05, 0) is 55.3 Å². The number of fused-ring (bicyclic) bond motifs is 1. The first-order valence-corrected chi connectivity index (χ1v) is 13.6. The number of thiazole rings is 1. The van der Waals surface area contributed by atoms with Gasteiger partial charge in [0.2, 0.25) is 5.91 Å². The molecule has 184 valence electrons. The molecule has 3 aromatic rings. The zero-order valence-electron chi connectivity index (χ0n) is 19.4. The molecule has 5 nitrogen and oxygen atoms in total. The molecule has 0 aliphatic carbocycles. The fraction of sp³-hybridized carbons (Fsp3) is 0.440. The third kappa shape index (κ3) is 7.57. The number of carbonyl (C=O) groups is 1. The maximum Gasteiger partial charge on any atom is 0.228 e. The summed E-state index contributed by atoms with van der Waals surface area (Å²) in [5, 5.41) is 1.48. The van der Waals surface area contributed by atoms with Crippen molar-refractivity contribution in [3.8, 4) is 0 Å². The van der Waals surface area contributed by atoms with Gasteiger partial charge in [0, 0.05) is 42.5 Å². The molecule has 1 saturated heterocycles. The van der Waals surface area contributed by atoms with Crippen LogP contribution in [0.25, 0.3) is 10.2 Å². The van der Waals surface area contributed by atoms with Crippen LogP contribution in [0.15, 0.2) is 47.4 Å². The minimum absolute atomic E-state index is 0. The van der Waals surface area contributed by atoms with Gasteiger partial charge in [-0.2, -0.15) is 0 Å². The Bertz CT molecular complexity index is 1060. The van der Waals surface area contributed by atoms with Crippen molar-refractivity contribution >= 4 is 68.4 Å². The first kappa shape index (κ1) is 27.2. The fourth-order valence-corrected chi connectivity index (χ4v) is 6.26. The topological polar surface area (TPSA) is 45.7 Å².